The van der Waals surface area contributed by atoms with Crippen molar-refractivity contribution < 1.29 is 4.92 Å². The minimum Gasteiger partial charge on any atom is -0.382 e. The Morgan fingerprint density at radius 3 is 2.60 bits per heavy atom. The molecule has 4 nitrogen and oxygen atoms in total. The van der Waals surface area contributed by atoms with Gasteiger partial charge in [-0.25, -0.2) is 0 Å². The van der Waals surface area contributed by atoms with Gasteiger partial charge in [0.05, 0.1) is 4.92 Å². The summed E-state index contributed by atoms with van der Waals surface area (Å²) in [6.07, 6.45) is 5.06. The third-order valence-electron chi connectivity index (χ3n) is 4.42. The van der Waals surface area contributed by atoms with Crippen LogP contribution in [0.5, 0.6) is 0 Å². The molecule has 1 aliphatic carbocycles. The Kier molecular flexibility index (Phi) is 4.63. The predicted molar refractivity (Wildman–Crippen MR) is 82.0 cm³/mol. The van der Waals surface area contributed by atoms with Gasteiger partial charge in [-0.2, -0.15) is 0 Å². The molecular formula is C16H24N2O2. The highest BCUT2D eigenvalue weighted by Gasteiger charge is 2.27. The smallest absolute Gasteiger partial charge is 0.272 e. The zero-order chi connectivity index (χ0) is 14.7. The Hall–Kier alpha value is -1.58. The molecule has 1 N–H and O–H groups in total. The second-order valence-corrected chi connectivity index (χ2v) is 6.20. The third kappa shape index (κ3) is 3.30. The Morgan fingerprint density at radius 1 is 1.30 bits per heavy atom. The molecule has 0 aromatic heterocycles. The van der Waals surface area contributed by atoms with Crippen LogP contribution in [0.25, 0.3) is 0 Å². The van der Waals surface area contributed by atoms with Gasteiger partial charge in [0.1, 0.15) is 0 Å². The van der Waals surface area contributed by atoms with Gasteiger partial charge < -0.3 is 5.32 Å². The maximum Gasteiger partial charge on any atom is 0.272 e. The molecular weight excluding hydrogens is 252 g/mol. The number of hydrogen-bond acceptors (Lipinski definition) is 3. The van der Waals surface area contributed by atoms with Gasteiger partial charge in [0.15, 0.2) is 0 Å². The monoisotopic (exact) mass is 276 g/mol. The van der Waals surface area contributed by atoms with Crippen LogP contribution in [0.4, 0.5) is 11.4 Å². The highest BCUT2D eigenvalue weighted by Crippen LogP contribution is 2.33. The van der Waals surface area contributed by atoms with Crippen molar-refractivity contribution in [1.82, 2.24) is 0 Å². The fourth-order valence-electron chi connectivity index (χ4n) is 3.30. The summed E-state index contributed by atoms with van der Waals surface area (Å²) in [5.41, 5.74) is 1.92. The van der Waals surface area contributed by atoms with Crippen LogP contribution >= 0.6 is 0 Å². The van der Waals surface area contributed by atoms with Crippen LogP contribution in [0.3, 0.4) is 0 Å². The van der Waals surface area contributed by atoms with E-state index in [-0.39, 0.29) is 10.6 Å². The summed E-state index contributed by atoms with van der Waals surface area (Å²) in [6.45, 7) is 6.36. The first-order valence-electron chi connectivity index (χ1n) is 7.50. The lowest BCUT2D eigenvalue weighted by atomic mass is 9.78. The van der Waals surface area contributed by atoms with E-state index in [0.717, 1.165) is 11.3 Å². The van der Waals surface area contributed by atoms with Gasteiger partial charge in [0.25, 0.3) is 5.69 Å². The highest BCUT2D eigenvalue weighted by atomic mass is 16.6. The quantitative estimate of drug-likeness (QED) is 0.649. The Labute approximate surface area is 120 Å². The molecule has 0 amide bonds. The Balaban J connectivity index is 2.12. The molecule has 4 heteroatoms. The molecule has 0 saturated heterocycles. The average molecular weight is 276 g/mol. The van der Waals surface area contributed by atoms with Crippen LogP contribution in [-0.2, 0) is 0 Å². The third-order valence-corrected chi connectivity index (χ3v) is 4.42. The molecule has 0 heterocycles. The standard InChI is InChI=1S/C16H24N2O2/c1-11(2)14-6-4-5-7-15(14)17-13-8-9-16(18(19)20)12(3)10-13/h8-11,14-15,17H,4-7H2,1-3H3. The number of nitrogens with one attached hydrogen (secondary N) is 1. The molecule has 20 heavy (non-hydrogen) atoms. The molecule has 2 unspecified atom stereocenters. The highest BCUT2D eigenvalue weighted by molar-refractivity contribution is 5.54. The summed E-state index contributed by atoms with van der Waals surface area (Å²) in [4.78, 5) is 10.5. The molecule has 2 rings (SSSR count). The van der Waals surface area contributed by atoms with E-state index in [1.165, 1.54) is 25.7 Å². The lowest BCUT2D eigenvalue weighted by Gasteiger charge is -2.35. The minimum absolute atomic E-state index is 0.194. The number of nitro benzene ring substituents is 1. The van der Waals surface area contributed by atoms with Crippen LogP contribution in [0, 0.1) is 28.9 Å². The zero-order valence-corrected chi connectivity index (χ0v) is 12.6. The van der Waals surface area contributed by atoms with Gasteiger partial charge in [0, 0.05) is 23.4 Å². The van der Waals surface area contributed by atoms with Crippen molar-refractivity contribution in [1.29, 1.82) is 0 Å². The Bertz CT molecular complexity index is 485. The summed E-state index contributed by atoms with van der Waals surface area (Å²) in [5, 5.41) is 14.4. The van der Waals surface area contributed by atoms with Crippen molar-refractivity contribution >= 4 is 11.4 Å². The van der Waals surface area contributed by atoms with Crippen molar-refractivity contribution in [2.24, 2.45) is 11.8 Å². The summed E-state index contributed by atoms with van der Waals surface area (Å²) in [5.74, 6) is 1.37. The van der Waals surface area contributed by atoms with Gasteiger partial charge in [-0.05, 0) is 43.7 Å². The maximum absolute atomic E-state index is 10.8. The fraction of sp³-hybridized carbons (Fsp3) is 0.625. The van der Waals surface area contributed by atoms with E-state index in [2.05, 4.69) is 19.2 Å². The number of aryl methyl sites for hydroxylation is 1. The fourth-order valence-corrected chi connectivity index (χ4v) is 3.30. The van der Waals surface area contributed by atoms with Crippen molar-refractivity contribution in [2.75, 3.05) is 5.32 Å². The van der Waals surface area contributed by atoms with Crippen LogP contribution in [-0.4, -0.2) is 11.0 Å². The van der Waals surface area contributed by atoms with E-state index >= 15 is 0 Å². The molecule has 1 fully saturated rings. The van der Waals surface area contributed by atoms with Crippen LogP contribution in [0.15, 0.2) is 18.2 Å². The molecule has 0 bridgehead atoms. The predicted octanol–water partition coefficient (Wildman–Crippen LogP) is 4.53. The van der Waals surface area contributed by atoms with Gasteiger partial charge in [-0.1, -0.05) is 26.7 Å². The molecule has 110 valence electrons. The summed E-state index contributed by atoms with van der Waals surface area (Å²) in [6, 6.07) is 5.82. The molecule has 1 saturated carbocycles. The first-order valence-corrected chi connectivity index (χ1v) is 7.50. The molecule has 1 aromatic rings. The first kappa shape index (κ1) is 14.8. The number of nitrogens with zero attached hydrogens (tertiary/aromatic N) is 1. The largest absolute Gasteiger partial charge is 0.382 e. The van der Waals surface area contributed by atoms with E-state index in [4.69, 9.17) is 0 Å². The molecule has 2 atom stereocenters. The van der Waals surface area contributed by atoms with E-state index < -0.39 is 0 Å². The lowest BCUT2D eigenvalue weighted by Crippen LogP contribution is -2.35. The zero-order valence-electron chi connectivity index (χ0n) is 12.6. The van der Waals surface area contributed by atoms with E-state index in [1.807, 2.05) is 12.1 Å². The number of rotatable bonds is 4. The second-order valence-electron chi connectivity index (χ2n) is 6.20. The average Bonchev–Trinajstić information content (AvgIpc) is 2.38. The van der Waals surface area contributed by atoms with Crippen LogP contribution < -0.4 is 5.32 Å². The summed E-state index contributed by atoms with van der Waals surface area (Å²) >= 11 is 0. The van der Waals surface area contributed by atoms with Crippen molar-refractivity contribution in [3.05, 3.63) is 33.9 Å². The van der Waals surface area contributed by atoms with Crippen LogP contribution in [0.1, 0.15) is 45.1 Å². The SMILES string of the molecule is Cc1cc(NC2CCCCC2C(C)C)ccc1[N+](=O)[O-]. The summed E-state index contributed by atoms with van der Waals surface area (Å²) < 4.78 is 0. The number of nitro groups is 1. The number of benzene rings is 1. The van der Waals surface area contributed by atoms with Gasteiger partial charge >= 0.3 is 0 Å². The van der Waals surface area contributed by atoms with Crippen molar-refractivity contribution in [3.8, 4) is 0 Å². The van der Waals surface area contributed by atoms with Gasteiger partial charge in [0.2, 0.25) is 0 Å². The number of hydrogen-bond donors (Lipinski definition) is 1. The Morgan fingerprint density at radius 2 is 2.00 bits per heavy atom. The summed E-state index contributed by atoms with van der Waals surface area (Å²) in [7, 11) is 0. The van der Waals surface area contributed by atoms with Crippen molar-refractivity contribution in [2.45, 2.75) is 52.5 Å². The second kappa shape index (κ2) is 6.25. The van der Waals surface area contributed by atoms with E-state index in [1.54, 1.807) is 13.0 Å². The normalized spacial score (nSPS) is 22.8. The van der Waals surface area contributed by atoms with E-state index in [0.29, 0.717) is 17.9 Å². The molecule has 0 radical (unpaired) electrons. The molecule has 1 aliphatic rings. The number of anilines is 1. The van der Waals surface area contributed by atoms with Crippen LogP contribution in [0.2, 0.25) is 0 Å². The van der Waals surface area contributed by atoms with E-state index in [9.17, 15) is 10.1 Å². The molecule has 0 spiro atoms. The van der Waals surface area contributed by atoms with Gasteiger partial charge in [-0.3, -0.25) is 10.1 Å². The molecule has 1 aromatic carbocycles. The molecule has 0 aliphatic heterocycles. The minimum atomic E-state index is -0.323. The maximum atomic E-state index is 10.8. The topological polar surface area (TPSA) is 55.2 Å². The van der Waals surface area contributed by atoms with Gasteiger partial charge in [-0.15, -0.1) is 0 Å². The first-order chi connectivity index (χ1) is 9.49. The lowest BCUT2D eigenvalue weighted by molar-refractivity contribution is -0.385. The van der Waals surface area contributed by atoms with Crippen molar-refractivity contribution in [3.63, 3.8) is 0 Å².